The minimum absolute atomic E-state index is 0.186. The van der Waals surface area contributed by atoms with Gasteiger partial charge in [0, 0.05) is 31.8 Å². The second-order valence-electron chi connectivity index (χ2n) is 8.92. The minimum atomic E-state index is -2.72. The zero-order valence-corrected chi connectivity index (χ0v) is 19.6. The molecule has 9 heteroatoms. The van der Waals surface area contributed by atoms with E-state index in [2.05, 4.69) is 17.5 Å². The Hall–Kier alpha value is -3.25. The topological polar surface area (TPSA) is 65.2 Å². The Morgan fingerprint density at radius 2 is 1.97 bits per heavy atom. The van der Waals surface area contributed by atoms with Crippen molar-refractivity contribution in [1.82, 2.24) is 14.5 Å². The first-order valence-electron chi connectivity index (χ1n) is 11.5. The van der Waals surface area contributed by atoms with Gasteiger partial charge in [0.1, 0.15) is 4.70 Å². The molecule has 176 valence electrons. The highest BCUT2D eigenvalue weighted by atomic mass is 32.1. The molecular formula is C25H25F2N5OS. The van der Waals surface area contributed by atoms with Crippen molar-refractivity contribution < 1.29 is 8.78 Å². The highest BCUT2D eigenvalue weighted by Crippen LogP contribution is 2.36. The van der Waals surface area contributed by atoms with Gasteiger partial charge in [0.25, 0.3) is 11.5 Å². The fraction of sp³-hybridized carbons (Fsp3) is 0.400. The lowest BCUT2D eigenvalue weighted by Crippen LogP contribution is -2.36. The zero-order valence-electron chi connectivity index (χ0n) is 18.8. The minimum Gasteiger partial charge on any atom is -0.365 e. The maximum Gasteiger partial charge on any atom is 0.273 e. The molecule has 0 aliphatic carbocycles. The Kier molecular flexibility index (Phi) is 5.86. The van der Waals surface area contributed by atoms with E-state index in [9.17, 15) is 18.8 Å². The van der Waals surface area contributed by atoms with Gasteiger partial charge in [0.2, 0.25) is 5.95 Å². The molecule has 2 saturated heterocycles. The number of anilines is 1. The van der Waals surface area contributed by atoms with Crippen LogP contribution in [0.3, 0.4) is 0 Å². The van der Waals surface area contributed by atoms with Gasteiger partial charge >= 0.3 is 0 Å². The van der Waals surface area contributed by atoms with Crippen LogP contribution in [0.25, 0.3) is 15.9 Å². The van der Waals surface area contributed by atoms with Gasteiger partial charge in [-0.3, -0.25) is 9.36 Å². The Morgan fingerprint density at radius 3 is 2.68 bits per heavy atom. The van der Waals surface area contributed by atoms with E-state index >= 15 is 0 Å². The molecule has 3 aromatic rings. The predicted octanol–water partition coefficient (Wildman–Crippen LogP) is 4.68. The maximum absolute atomic E-state index is 13.7. The molecule has 0 saturated carbocycles. The summed E-state index contributed by atoms with van der Waals surface area (Å²) in [5.74, 6) is -2.13. The molecule has 0 unspecified atom stereocenters. The van der Waals surface area contributed by atoms with Gasteiger partial charge in [0.15, 0.2) is 0 Å². The van der Waals surface area contributed by atoms with Crippen LogP contribution in [0.2, 0.25) is 0 Å². The Balaban J connectivity index is 1.59. The molecular weight excluding hydrogens is 456 g/mol. The third-order valence-corrected chi connectivity index (χ3v) is 7.72. The number of alkyl halides is 2. The largest absolute Gasteiger partial charge is 0.365 e. The van der Waals surface area contributed by atoms with Gasteiger partial charge in [-0.25, -0.2) is 13.8 Å². The number of thiophene rings is 1. The number of nitriles is 1. The van der Waals surface area contributed by atoms with Crippen LogP contribution < -0.4 is 10.5 Å². The van der Waals surface area contributed by atoms with Gasteiger partial charge in [-0.2, -0.15) is 5.26 Å². The van der Waals surface area contributed by atoms with E-state index in [0.29, 0.717) is 32.3 Å². The smallest absolute Gasteiger partial charge is 0.273 e. The molecule has 1 aromatic carbocycles. The number of rotatable bonds is 5. The lowest BCUT2D eigenvalue weighted by atomic mass is 10.1. The number of hydrogen-bond donors (Lipinski definition) is 0. The Morgan fingerprint density at radius 1 is 1.21 bits per heavy atom. The van der Waals surface area contributed by atoms with Crippen molar-refractivity contribution in [2.75, 3.05) is 31.1 Å². The van der Waals surface area contributed by atoms with E-state index in [1.807, 2.05) is 12.1 Å². The quantitative estimate of drug-likeness (QED) is 0.530. The van der Waals surface area contributed by atoms with Gasteiger partial charge in [-0.05, 0) is 37.0 Å². The van der Waals surface area contributed by atoms with Crippen molar-refractivity contribution in [2.45, 2.75) is 38.2 Å². The monoisotopic (exact) mass is 481 g/mol. The van der Waals surface area contributed by atoms with Crippen molar-refractivity contribution >= 4 is 33.2 Å². The zero-order chi connectivity index (χ0) is 23.9. The number of halogens is 2. The van der Waals surface area contributed by atoms with Crippen LogP contribution in [0.5, 0.6) is 0 Å². The lowest BCUT2D eigenvalue weighted by molar-refractivity contribution is 0.0169. The average molecular weight is 482 g/mol. The van der Waals surface area contributed by atoms with Crippen LogP contribution in [0, 0.1) is 11.3 Å². The molecule has 5 rings (SSSR count). The van der Waals surface area contributed by atoms with Gasteiger partial charge in [-0.15, -0.1) is 11.3 Å². The van der Waals surface area contributed by atoms with E-state index < -0.39 is 5.92 Å². The fourth-order valence-corrected chi connectivity index (χ4v) is 5.72. The van der Waals surface area contributed by atoms with Crippen LogP contribution in [0.15, 0.2) is 41.7 Å². The molecule has 2 aliphatic rings. The van der Waals surface area contributed by atoms with Crippen molar-refractivity contribution in [3.63, 3.8) is 0 Å². The van der Waals surface area contributed by atoms with Crippen LogP contribution in [0.1, 0.15) is 41.7 Å². The molecule has 2 fully saturated rings. The summed E-state index contributed by atoms with van der Waals surface area (Å²) in [5.41, 5.74) is 2.15. The molecule has 2 aromatic heterocycles. The second-order valence-corrected chi connectivity index (χ2v) is 9.97. The summed E-state index contributed by atoms with van der Waals surface area (Å²) in [6.07, 6.45) is 3.00. The molecule has 6 nitrogen and oxygen atoms in total. The lowest BCUT2D eigenvalue weighted by Gasteiger charge is -2.29. The first-order valence-corrected chi connectivity index (χ1v) is 12.3. The first-order chi connectivity index (χ1) is 16.4. The molecule has 34 heavy (non-hydrogen) atoms. The fourth-order valence-electron chi connectivity index (χ4n) is 4.68. The third kappa shape index (κ3) is 4.18. The first kappa shape index (κ1) is 22.5. The number of benzene rings is 1. The summed E-state index contributed by atoms with van der Waals surface area (Å²) in [4.78, 5) is 23.0. The van der Waals surface area contributed by atoms with Crippen molar-refractivity contribution in [3.8, 4) is 6.07 Å². The predicted molar refractivity (Wildman–Crippen MR) is 130 cm³/mol. The average Bonchev–Trinajstić information content (AvgIpc) is 3.44. The van der Waals surface area contributed by atoms with E-state index in [1.165, 1.54) is 11.3 Å². The number of likely N-dealkylation sites (tertiary alicyclic amines) is 1. The van der Waals surface area contributed by atoms with E-state index in [4.69, 9.17) is 4.98 Å². The summed E-state index contributed by atoms with van der Waals surface area (Å²) in [7, 11) is 0. The normalized spacial score (nSPS) is 17.8. The summed E-state index contributed by atoms with van der Waals surface area (Å²) in [5, 5.41) is 9.53. The molecule has 2 aliphatic heterocycles. The SMILES string of the molecule is C=C(c1cc2nc(N3CCCCC3)n(Cc3ccccc3C#N)c(=O)c2s1)N1CCC(F)(F)C1. The van der Waals surface area contributed by atoms with Crippen molar-refractivity contribution in [3.05, 3.63) is 63.3 Å². The Bertz CT molecular complexity index is 1350. The Labute approximate surface area is 200 Å². The maximum atomic E-state index is 13.7. The summed E-state index contributed by atoms with van der Waals surface area (Å²) in [6, 6.07) is 11.2. The summed E-state index contributed by atoms with van der Waals surface area (Å²) >= 11 is 1.24. The van der Waals surface area contributed by atoms with Crippen molar-refractivity contribution in [2.24, 2.45) is 0 Å². The number of hydrogen-bond acceptors (Lipinski definition) is 6. The number of aromatic nitrogens is 2. The van der Waals surface area contributed by atoms with E-state index in [0.717, 1.165) is 37.9 Å². The number of nitrogens with zero attached hydrogens (tertiary/aromatic N) is 5. The van der Waals surface area contributed by atoms with Crippen LogP contribution in [0.4, 0.5) is 14.7 Å². The number of fused-ring (bicyclic) bond motifs is 1. The van der Waals surface area contributed by atoms with E-state index in [1.54, 1.807) is 27.7 Å². The highest BCUT2D eigenvalue weighted by Gasteiger charge is 2.39. The molecule has 0 N–H and O–H groups in total. The standard InChI is InChI=1S/C25H25F2N5OS/c1-17(31-12-9-25(26,27)16-31)21-13-20-22(34-21)23(33)32(15-19-8-4-3-7-18(19)14-28)24(29-20)30-10-5-2-6-11-30/h3-4,7-8,13H,1-2,5-6,9-12,15-16H2. The van der Waals surface area contributed by atoms with Gasteiger partial charge in [0.05, 0.1) is 35.1 Å². The second kappa shape index (κ2) is 8.84. The summed E-state index contributed by atoms with van der Waals surface area (Å²) < 4.78 is 29.6. The molecule has 4 heterocycles. The third-order valence-electron chi connectivity index (χ3n) is 6.55. The van der Waals surface area contributed by atoms with Crippen LogP contribution in [-0.2, 0) is 6.54 Å². The molecule has 0 atom stereocenters. The van der Waals surface area contributed by atoms with Crippen molar-refractivity contribution in [1.29, 1.82) is 5.26 Å². The van der Waals surface area contributed by atoms with Crippen LogP contribution in [-0.4, -0.2) is 46.6 Å². The van der Waals surface area contributed by atoms with E-state index in [-0.39, 0.29) is 31.6 Å². The highest BCUT2D eigenvalue weighted by molar-refractivity contribution is 7.19. The van der Waals surface area contributed by atoms with Gasteiger partial charge < -0.3 is 9.80 Å². The molecule has 0 bridgehead atoms. The van der Waals surface area contributed by atoms with Gasteiger partial charge in [-0.1, -0.05) is 24.8 Å². The number of piperidine rings is 1. The molecule has 0 spiro atoms. The van der Waals surface area contributed by atoms with Crippen LogP contribution >= 0.6 is 11.3 Å². The summed E-state index contributed by atoms with van der Waals surface area (Å²) in [6.45, 7) is 5.78. The molecule has 0 radical (unpaired) electrons. The molecule has 0 amide bonds.